The Morgan fingerprint density at radius 2 is 1.74 bits per heavy atom. The van der Waals surface area contributed by atoms with Crippen LogP contribution in [0.1, 0.15) is 80.2 Å². The fourth-order valence-electron chi connectivity index (χ4n) is 6.98. The van der Waals surface area contributed by atoms with E-state index in [0.717, 1.165) is 36.4 Å². The maximum absolute atomic E-state index is 16.1. The van der Waals surface area contributed by atoms with Gasteiger partial charge in [-0.2, -0.15) is 0 Å². The first-order valence-electron chi connectivity index (χ1n) is 14.2. The van der Waals surface area contributed by atoms with Crippen LogP contribution in [0.3, 0.4) is 0 Å². The summed E-state index contributed by atoms with van der Waals surface area (Å²) in [6.07, 6.45) is 5.93. The Hall–Kier alpha value is -2.69. The summed E-state index contributed by atoms with van der Waals surface area (Å²) >= 11 is 6.74. The fraction of sp³-hybridized carbons (Fsp3) is 0.412. The molecule has 0 saturated heterocycles. The quantitative estimate of drug-likeness (QED) is 0.310. The molecule has 2 atom stereocenters. The predicted octanol–water partition coefficient (Wildman–Crippen LogP) is 8.54. The Bertz CT molecular complexity index is 1380. The van der Waals surface area contributed by atoms with E-state index in [4.69, 9.17) is 17.3 Å². The lowest BCUT2D eigenvalue weighted by Gasteiger charge is -2.38. The minimum absolute atomic E-state index is 0.0541. The highest BCUT2D eigenvalue weighted by Crippen LogP contribution is 2.55. The van der Waals surface area contributed by atoms with Crippen molar-refractivity contribution < 1.29 is 8.78 Å². The van der Waals surface area contributed by atoms with Gasteiger partial charge in [-0.15, -0.1) is 0 Å². The predicted molar refractivity (Wildman–Crippen MR) is 159 cm³/mol. The largest absolute Gasteiger partial charge is 0.399 e. The lowest BCUT2D eigenvalue weighted by Crippen LogP contribution is -2.45. The van der Waals surface area contributed by atoms with Crippen LogP contribution in [0.25, 0.3) is 16.8 Å². The molecule has 2 nitrogen and oxygen atoms in total. The molecule has 2 aliphatic rings. The molecule has 3 N–H and O–H groups in total. The van der Waals surface area contributed by atoms with Crippen molar-refractivity contribution in [2.75, 3.05) is 6.54 Å². The van der Waals surface area contributed by atoms with Gasteiger partial charge in [0.1, 0.15) is 11.6 Å². The number of aryl methyl sites for hydroxylation is 1. The molecule has 0 bridgehead atoms. The van der Waals surface area contributed by atoms with Crippen molar-refractivity contribution in [3.63, 3.8) is 0 Å². The smallest absolute Gasteiger partial charge is 0.142 e. The van der Waals surface area contributed by atoms with E-state index >= 15 is 8.78 Å². The second kappa shape index (κ2) is 11.1. The van der Waals surface area contributed by atoms with Gasteiger partial charge in [0, 0.05) is 40.4 Å². The van der Waals surface area contributed by atoms with Crippen LogP contribution in [0.5, 0.6) is 0 Å². The van der Waals surface area contributed by atoms with Gasteiger partial charge in [-0.3, -0.25) is 0 Å². The summed E-state index contributed by atoms with van der Waals surface area (Å²) in [5.74, 6) is -0.226. The van der Waals surface area contributed by atoms with Crippen molar-refractivity contribution in [2.45, 2.75) is 76.7 Å². The Morgan fingerprint density at radius 3 is 2.38 bits per heavy atom. The van der Waals surface area contributed by atoms with E-state index in [1.54, 1.807) is 18.2 Å². The summed E-state index contributed by atoms with van der Waals surface area (Å²) < 4.78 is 31.7. The molecule has 3 aromatic carbocycles. The van der Waals surface area contributed by atoms with Crippen molar-refractivity contribution in [3.8, 4) is 11.1 Å². The van der Waals surface area contributed by atoms with Crippen LogP contribution in [-0.4, -0.2) is 12.6 Å². The van der Waals surface area contributed by atoms with Gasteiger partial charge in [0.25, 0.3) is 0 Å². The van der Waals surface area contributed by atoms with Crippen molar-refractivity contribution in [2.24, 2.45) is 11.7 Å². The number of fused-ring (bicyclic) bond motifs is 1. The molecule has 2 aliphatic carbocycles. The van der Waals surface area contributed by atoms with Gasteiger partial charge in [-0.1, -0.05) is 81.4 Å². The van der Waals surface area contributed by atoms with Gasteiger partial charge in [-0.05, 0) is 78.7 Å². The molecule has 0 spiro atoms. The summed E-state index contributed by atoms with van der Waals surface area (Å²) in [7, 11) is 0. The fourth-order valence-corrected chi connectivity index (χ4v) is 7.23. The van der Waals surface area contributed by atoms with Gasteiger partial charge in [-0.25, -0.2) is 8.78 Å². The molecule has 0 amide bonds. The zero-order chi connectivity index (χ0) is 27.9. The van der Waals surface area contributed by atoms with Crippen molar-refractivity contribution >= 4 is 17.3 Å². The maximum atomic E-state index is 16.1. The Kier molecular flexibility index (Phi) is 7.90. The number of benzene rings is 3. The standard InChI is InChI=1S/C34H39ClF2N2/c1-5-23-13-16-27(22(4)38)30(33(23)37)31-29-21(3)34(25-9-7-6-8-10-25,18-24(29)17-28(36)32(31)35)19-39-26-14-11-20(2)12-15-26/h6-10,13,16-17,20-21,26,39H,4-5,11-12,14-15,18-19,38H2,1-3H3. The van der Waals surface area contributed by atoms with Crippen molar-refractivity contribution in [1.82, 2.24) is 5.32 Å². The van der Waals surface area contributed by atoms with E-state index in [9.17, 15) is 0 Å². The summed E-state index contributed by atoms with van der Waals surface area (Å²) in [6.45, 7) is 11.1. The first kappa shape index (κ1) is 27.9. The number of rotatable bonds is 7. The van der Waals surface area contributed by atoms with Gasteiger partial charge in [0.05, 0.1) is 5.02 Å². The van der Waals surface area contributed by atoms with Crippen molar-refractivity contribution in [1.29, 1.82) is 0 Å². The molecule has 0 aliphatic heterocycles. The number of hydrogen-bond acceptors (Lipinski definition) is 2. The van der Waals surface area contributed by atoms with Crippen molar-refractivity contribution in [3.05, 3.63) is 99.6 Å². The highest BCUT2D eigenvalue weighted by Gasteiger charge is 2.47. The summed E-state index contributed by atoms with van der Waals surface area (Å²) in [5, 5.41) is 3.84. The highest BCUT2D eigenvalue weighted by atomic mass is 35.5. The molecule has 2 unspecified atom stereocenters. The average molecular weight is 549 g/mol. The topological polar surface area (TPSA) is 38.0 Å². The van der Waals surface area contributed by atoms with E-state index in [2.05, 4.69) is 50.0 Å². The molecule has 0 radical (unpaired) electrons. The molecule has 5 rings (SSSR count). The molecular formula is C34H39ClF2N2. The summed E-state index contributed by atoms with van der Waals surface area (Å²) in [4.78, 5) is 0. The van der Waals surface area contributed by atoms with Crippen LogP contribution in [-0.2, 0) is 18.3 Å². The van der Waals surface area contributed by atoms with Gasteiger partial charge in [0.15, 0.2) is 0 Å². The molecular weight excluding hydrogens is 510 g/mol. The minimum atomic E-state index is -0.536. The van der Waals surface area contributed by atoms with Gasteiger partial charge in [0.2, 0.25) is 0 Å². The summed E-state index contributed by atoms with van der Waals surface area (Å²) in [5.41, 5.74) is 10.7. The molecule has 1 fully saturated rings. The zero-order valence-electron chi connectivity index (χ0n) is 23.2. The SMILES string of the molecule is C=C(N)c1ccc(CC)c(F)c1-c1c(Cl)c(F)cc2c1C(C)C(CNC1CCC(C)CC1)(c1ccccc1)C2. The second-order valence-corrected chi connectivity index (χ2v) is 12.1. The van der Waals surface area contributed by atoms with Crippen LogP contribution >= 0.6 is 11.6 Å². The number of nitrogens with one attached hydrogen (secondary N) is 1. The number of hydrogen-bond donors (Lipinski definition) is 2. The number of nitrogens with two attached hydrogens (primary N) is 1. The molecule has 5 heteroatoms. The van der Waals surface area contributed by atoms with E-state index in [1.807, 2.05) is 13.0 Å². The summed E-state index contributed by atoms with van der Waals surface area (Å²) in [6, 6.07) is 16.0. The normalized spacial score (nSPS) is 24.5. The molecule has 1 saturated carbocycles. The number of halogens is 3. The lowest BCUT2D eigenvalue weighted by atomic mass is 9.70. The zero-order valence-corrected chi connectivity index (χ0v) is 24.0. The second-order valence-electron chi connectivity index (χ2n) is 11.7. The highest BCUT2D eigenvalue weighted by molar-refractivity contribution is 6.34. The first-order chi connectivity index (χ1) is 18.7. The van der Waals surface area contributed by atoms with E-state index < -0.39 is 11.6 Å². The molecule has 3 aromatic rings. The van der Waals surface area contributed by atoms with E-state index in [-0.39, 0.29) is 27.6 Å². The average Bonchev–Trinajstić information content (AvgIpc) is 3.21. The van der Waals surface area contributed by atoms with Gasteiger partial charge < -0.3 is 11.1 Å². The first-order valence-corrected chi connectivity index (χ1v) is 14.6. The Balaban J connectivity index is 1.68. The van der Waals surface area contributed by atoms with E-state index in [0.29, 0.717) is 35.6 Å². The van der Waals surface area contributed by atoms with Crippen LogP contribution < -0.4 is 11.1 Å². The molecule has 0 heterocycles. The van der Waals surface area contributed by atoms with Crippen LogP contribution in [0, 0.1) is 17.6 Å². The molecule has 39 heavy (non-hydrogen) atoms. The third-order valence-corrected chi connectivity index (χ3v) is 9.75. The van der Waals surface area contributed by atoms with Crippen LogP contribution in [0.2, 0.25) is 5.02 Å². The minimum Gasteiger partial charge on any atom is -0.399 e. The van der Waals surface area contributed by atoms with Crippen LogP contribution in [0.4, 0.5) is 8.78 Å². The van der Waals surface area contributed by atoms with Gasteiger partial charge >= 0.3 is 0 Å². The molecule has 0 aromatic heterocycles. The monoisotopic (exact) mass is 548 g/mol. The molecule has 206 valence electrons. The van der Waals surface area contributed by atoms with E-state index in [1.165, 1.54) is 18.4 Å². The third-order valence-electron chi connectivity index (χ3n) is 9.38. The third kappa shape index (κ3) is 4.91. The lowest BCUT2D eigenvalue weighted by molar-refractivity contribution is 0.273. The maximum Gasteiger partial charge on any atom is 0.142 e. The Morgan fingerprint density at radius 1 is 1.05 bits per heavy atom. The van der Waals surface area contributed by atoms with Crippen LogP contribution in [0.15, 0.2) is 55.1 Å². The Labute approximate surface area is 236 Å².